The number of para-hydroxylation sites is 1. The first-order chi connectivity index (χ1) is 16.5. The highest BCUT2D eigenvalue weighted by Gasteiger charge is 2.27. The zero-order valence-corrected chi connectivity index (χ0v) is 20.7. The summed E-state index contributed by atoms with van der Waals surface area (Å²) < 4.78 is 1.60. The lowest BCUT2D eigenvalue weighted by molar-refractivity contribution is -0.118. The van der Waals surface area contributed by atoms with Crippen molar-refractivity contribution in [2.75, 3.05) is 5.32 Å². The number of carbonyl (C=O) groups excluding carboxylic acids is 1. The summed E-state index contributed by atoms with van der Waals surface area (Å²) in [7, 11) is 0. The molecule has 0 saturated heterocycles. The molecule has 0 spiro atoms. The Hall–Kier alpha value is -3.25. The van der Waals surface area contributed by atoms with Crippen LogP contribution in [0.1, 0.15) is 54.3 Å². The van der Waals surface area contributed by atoms with Gasteiger partial charge in [0, 0.05) is 16.1 Å². The van der Waals surface area contributed by atoms with Crippen LogP contribution in [0, 0.1) is 6.92 Å². The number of amides is 1. The van der Waals surface area contributed by atoms with Gasteiger partial charge in [-0.1, -0.05) is 55.5 Å². The van der Waals surface area contributed by atoms with Gasteiger partial charge in [0.25, 0.3) is 5.56 Å². The van der Waals surface area contributed by atoms with Crippen molar-refractivity contribution in [3.05, 3.63) is 80.5 Å². The molecule has 1 atom stereocenters. The van der Waals surface area contributed by atoms with Gasteiger partial charge >= 0.3 is 0 Å². The van der Waals surface area contributed by atoms with Gasteiger partial charge in [0.15, 0.2) is 0 Å². The Bertz CT molecular complexity index is 1440. The number of aromatic nitrogens is 2. The lowest BCUT2D eigenvalue weighted by Crippen LogP contribution is -2.34. The zero-order chi connectivity index (χ0) is 23.8. The fourth-order valence-electron chi connectivity index (χ4n) is 4.91. The topological polar surface area (TPSA) is 64.0 Å². The Balaban J connectivity index is 1.66. The molecule has 0 fully saturated rings. The van der Waals surface area contributed by atoms with Crippen LogP contribution in [-0.4, -0.2) is 15.5 Å². The number of hydrogen-bond donors (Lipinski definition) is 1. The van der Waals surface area contributed by atoms with Crippen LogP contribution < -0.4 is 10.9 Å². The summed E-state index contributed by atoms with van der Waals surface area (Å²) in [5, 5.41) is 3.81. The molecular formula is C28H29N3O2S. The van der Waals surface area contributed by atoms with E-state index in [1.807, 2.05) is 55.5 Å². The van der Waals surface area contributed by atoms with E-state index in [1.54, 1.807) is 22.8 Å². The standard InChI is InChI=1S/C28H29N3O2S/c1-4-19-14-10-11-17(2)24(19)29-26(32)18(3)31-25(20-12-6-5-7-13-20)30-27-23(28(31)33)21-15-8-9-16-22(21)34-27/h5-7,10-14,18H,4,8-9,15-16H2,1-3H3,(H,29,32). The van der Waals surface area contributed by atoms with Crippen molar-refractivity contribution >= 4 is 33.1 Å². The fourth-order valence-corrected chi connectivity index (χ4v) is 6.17. The quantitative estimate of drug-likeness (QED) is 0.384. The first-order valence-corrected chi connectivity index (χ1v) is 12.8. The molecule has 1 amide bonds. The van der Waals surface area contributed by atoms with Gasteiger partial charge < -0.3 is 5.32 Å². The Morgan fingerprint density at radius 2 is 1.88 bits per heavy atom. The molecule has 4 aromatic rings. The highest BCUT2D eigenvalue weighted by molar-refractivity contribution is 7.18. The maximum Gasteiger partial charge on any atom is 0.263 e. The van der Waals surface area contributed by atoms with Crippen molar-refractivity contribution in [1.29, 1.82) is 0 Å². The van der Waals surface area contributed by atoms with E-state index in [0.717, 1.165) is 64.9 Å². The molecule has 0 bridgehead atoms. The molecule has 2 heterocycles. The third-order valence-electron chi connectivity index (χ3n) is 6.81. The molecule has 1 aliphatic carbocycles. The Labute approximate surface area is 203 Å². The number of anilines is 1. The van der Waals surface area contributed by atoms with Crippen molar-refractivity contribution in [3.8, 4) is 11.4 Å². The van der Waals surface area contributed by atoms with Gasteiger partial charge in [-0.05, 0) is 62.6 Å². The van der Waals surface area contributed by atoms with Gasteiger partial charge in [-0.15, -0.1) is 11.3 Å². The number of rotatable bonds is 5. The van der Waals surface area contributed by atoms with Crippen LogP contribution in [0.4, 0.5) is 5.69 Å². The molecule has 1 aliphatic rings. The minimum atomic E-state index is -0.719. The first-order valence-electron chi connectivity index (χ1n) is 12.0. The molecular weight excluding hydrogens is 442 g/mol. The summed E-state index contributed by atoms with van der Waals surface area (Å²) in [6.07, 6.45) is 4.95. The van der Waals surface area contributed by atoms with Gasteiger partial charge in [-0.25, -0.2) is 4.98 Å². The van der Waals surface area contributed by atoms with E-state index in [4.69, 9.17) is 4.98 Å². The molecule has 0 radical (unpaired) electrons. The number of aryl methyl sites for hydroxylation is 4. The molecule has 2 aromatic heterocycles. The van der Waals surface area contributed by atoms with E-state index in [-0.39, 0.29) is 11.5 Å². The number of fused-ring (bicyclic) bond motifs is 3. The van der Waals surface area contributed by atoms with E-state index in [0.29, 0.717) is 11.2 Å². The molecule has 5 rings (SSSR count). The lowest BCUT2D eigenvalue weighted by atomic mass is 9.97. The van der Waals surface area contributed by atoms with Gasteiger partial charge in [0.05, 0.1) is 5.39 Å². The molecule has 174 valence electrons. The number of nitrogens with zero attached hydrogens (tertiary/aromatic N) is 2. The lowest BCUT2D eigenvalue weighted by Gasteiger charge is -2.21. The van der Waals surface area contributed by atoms with Crippen molar-refractivity contribution in [3.63, 3.8) is 0 Å². The third kappa shape index (κ3) is 3.86. The number of thiophene rings is 1. The van der Waals surface area contributed by atoms with Crippen LogP contribution >= 0.6 is 11.3 Å². The minimum absolute atomic E-state index is 0.119. The number of benzene rings is 2. The highest BCUT2D eigenvalue weighted by atomic mass is 32.1. The minimum Gasteiger partial charge on any atom is -0.324 e. The van der Waals surface area contributed by atoms with Crippen molar-refractivity contribution in [2.45, 2.75) is 58.9 Å². The molecule has 0 aliphatic heterocycles. The summed E-state index contributed by atoms with van der Waals surface area (Å²) in [6.45, 7) is 5.86. The summed E-state index contributed by atoms with van der Waals surface area (Å²) in [5.74, 6) is 0.327. The Morgan fingerprint density at radius 3 is 2.65 bits per heavy atom. The van der Waals surface area contributed by atoms with E-state index in [2.05, 4.69) is 12.2 Å². The number of carbonyl (C=O) groups is 1. The predicted octanol–water partition coefficient (Wildman–Crippen LogP) is 6.07. The van der Waals surface area contributed by atoms with E-state index in [1.165, 1.54) is 4.88 Å². The zero-order valence-electron chi connectivity index (χ0n) is 19.9. The molecule has 1 unspecified atom stereocenters. The van der Waals surface area contributed by atoms with Gasteiger partial charge in [0.2, 0.25) is 5.91 Å². The summed E-state index contributed by atoms with van der Waals surface area (Å²) in [5.41, 5.74) is 4.77. The first kappa shape index (κ1) is 22.5. The molecule has 34 heavy (non-hydrogen) atoms. The van der Waals surface area contributed by atoms with Crippen LogP contribution in [0.5, 0.6) is 0 Å². The maximum absolute atomic E-state index is 14.0. The average molecular weight is 472 g/mol. The summed E-state index contributed by atoms with van der Waals surface area (Å²) >= 11 is 1.64. The molecule has 1 N–H and O–H groups in total. The molecule has 6 heteroatoms. The van der Waals surface area contributed by atoms with Crippen LogP contribution in [0.25, 0.3) is 21.6 Å². The Morgan fingerprint density at radius 1 is 1.12 bits per heavy atom. The van der Waals surface area contributed by atoms with Crippen LogP contribution in [0.3, 0.4) is 0 Å². The van der Waals surface area contributed by atoms with E-state index >= 15 is 0 Å². The normalized spacial score (nSPS) is 14.1. The van der Waals surface area contributed by atoms with Crippen LogP contribution in [0.15, 0.2) is 53.3 Å². The van der Waals surface area contributed by atoms with Gasteiger partial charge in [-0.3, -0.25) is 14.2 Å². The van der Waals surface area contributed by atoms with E-state index < -0.39 is 6.04 Å². The van der Waals surface area contributed by atoms with Crippen molar-refractivity contribution in [1.82, 2.24) is 9.55 Å². The number of nitrogens with one attached hydrogen (secondary N) is 1. The second kappa shape index (κ2) is 9.18. The maximum atomic E-state index is 14.0. The van der Waals surface area contributed by atoms with Gasteiger partial charge in [0.1, 0.15) is 16.7 Å². The molecule has 2 aromatic carbocycles. The Kier molecular flexibility index (Phi) is 6.09. The molecule has 5 nitrogen and oxygen atoms in total. The average Bonchev–Trinajstić information content (AvgIpc) is 3.24. The smallest absolute Gasteiger partial charge is 0.263 e. The largest absolute Gasteiger partial charge is 0.324 e. The third-order valence-corrected chi connectivity index (χ3v) is 7.99. The monoisotopic (exact) mass is 471 g/mol. The SMILES string of the molecule is CCc1cccc(C)c1NC(=O)C(C)n1c(-c2ccccc2)nc2sc3c(c2c1=O)CCCC3. The van der Waals surface area contributed by atoms with Crippen LogP contribution in [-0.2, 0) is 24.1 Å². The predicted molar refractivity (Wildman–Crippen MR) is 140 cm³/mol. The van der Waals surface area contributed by atoms with Crippen molar-refractivity contribution < 1.29 is 4.79 Å². The molecule has 0 saturated carbocycles. The van der Waals surface area contributed by atoms with Crippen molar-refractivity contribution in [2.24, 2.45) is 0 Å². The summed E-state index contributed by atoms with van der Waals surface area (Å²) in [4.78, 5) is 34.6. The fraction of sp³-hybridized carbons (Fsp3) is 0.321. The van der Waals surface area contributed by atoms with Crippen LogP contribution in [0.2, 0.25) is 0 Å². The second-order valence-electron chi connectivity index (χ2n) is 9.00. The number of hydrogen-bond acceptors (Lipinski definition) is 4. The van der Waals surface area contributed by atoms with E-state index in [9.17, 15) is 9.59 Å². The highest BCUT2D eigenvalue weighted by Crippen LogP contribution is 2.35. The summed E-state index contributed by atoms with van der Waals surface area (Å²) in [6, 6.07) is 15.0. The second-order valence-corrected chi connectivity index (χ2v) is 10.1. The van der Waals surface area contributed by atoms with Gasteiger partial charge in [-0.2, -0.15) is 0 Å².